The van der Waals surface area contributed by atoms with Gasteiger partial charge in [-0.3, -0.25) is 0 Å². The van der Waals surface area contributed by atoms with Crippen molar-refractivity contribution in [3.8, 4) is 5.75 Å². The number of benzene rings is 1. The van der Waals surface area contributed by atoms with Crippen molar-refractivity contribution in [3.05, 3.63) is 51.6 Å². The summed E-state index contributed by atoms with van der Waals surface area (Å²) in [7, 11) is 3.83. The van der Waals surface area contributed by atoms with Crippen LogP contribution in [0.15, 0.2) is 33.5 Å². The second-order valence-corrected chi connectivity index (χ2v) is 5.38. The summed E-state index contributed by atoms with van der Waals surface area (Å²) in [6.45, 7) is -0.0380. The van der Waals surface area contributed by atoms with Gasteiger partial charge in [-0.05, 0) is 23.8 Å². The zero-order valence-corrected chi connectivity index (χ0v) is 14.7. The molecule has 0 aliphatic rings. The number of carbonyl (C=O) groups is 2. The van der Waals surface area contributed by atoms with Crippen LogP contribution < -0.4 is 10.4 Å². The molecule has 10 heteroatoms. The number of hydrogen-bond donors (Lipinski definition) is 0. The second-order valence-electron chi connectivity index (χ2n) is 5.38. The van der Waals surface area contributed by atoms with Crippen molar-refractivity contribution in [2.45, 2.75) is 6.54 Å². The Bertz CT molecular complexity index is 1080. The Morgan fingerprint density at radius 1 is 1.11 bits per heavy atom. The van der Waals surface area contributed by atoms with Crippen LogP contribution in [-0.2, 0) is 16.0 Å². The fourth-order valence-electron chi connectivity index (χ4n) is 2.58. The van der Waals surface area contributed by atoms with Crippen LogP contribution in [0.25, 0.3) is 11.0 Å². The van der Waals surface area contributed by atoms with E-state index in [0.717, 1.165) is 18.9 Å². The molecule has 0 saturated heterocycles. The Hall–Kier alpha value is -3.69. The lowest BCUT2D eigenvalue weighted by Gasteiger charge is -2.09. The maximum absolute atomic E-state index is 12.1. The molecule has 0 atom stereocenters. The minimum Gasteiger partial charge on any atom is -0.497 e. The number of aromatic nitrogens is 3. The molecule has 0 bridgehead atoms. The predicted molar refractivity (Wildman–Crippen MR) is 90.8 cm³/mol. The molecular formula is C17H15N3O7. The van der Waals surface area contributed by atoms with E-state index in [1.54, 1.807) is 18.2 Å². The molecule has 140 valence electrons. The Morgan fingerprint density at radius 3 is 2.52 bits per heavy atom. The number of hydrogen-bond acceptors (Lipinski definition) is 9. The number of ether oxygens (including phenoxy) is 3. The number of methoxy groups -OCH3 is 3. The molecule has 0 fully saturated rings. The molecule has 0 spiro atoms. The summed E-state index contributed by atoms with van der Waals surface area (Å²) in [5.41, 5.74) is -0.212. The van der Waals surface area contributed by atoms with Gasteiger partial charge >= 0.3 is 17.6 Å². The number of esters is 2. The summed E-state index contributed by atoms with van der Waals surface area (Å²) in [5.74, 6) is -1.09. The molecule has 1 aromatic carbocycles. The van der Waals surface area contributed by atoms with E-state index < -0.39 is 17.6 Å². The van der Waals surface area contributed by atoms with Crippen molar-refractivity contribution in [3.63, 3.8) is 0 Å². The van der Waals surface area contributed by atoms with E-state index in [1.807, 2.05) is 0 Å². The van der Waals surface area contributed by atoms with E-state index >= 15 is 0 Å². The molecule has 0 amide bonds. The summed E-state index contributed by atoms with van der Waals surface area (Å²) in [6.07, 6.45) is 0. The Kier molecular flexibility index (Phi) is 4.88. The normalized spacial score (nSPS) is 10.6. The summed E-state index contributed by atoms with van der Waals surface area (Å²) >= 11 is 0. The van der Waals surface area contributed by atoms with Gasteiger partial charge in [0, 0.05) is 11.5 Å². The lowest BCUT2D eigenvalue weighted by atomic mass is 10.1. The highest BCUT2D eigenvalue weighted by atomic mass is 16.5. The molecule has 0 aliphatic heterocycles. The third-order valence-electron chi connectivity index (χ3n) is 3.85. The van der Waals surface area contributed by atoms with Crippen LogP contribution in [0, 0.1) is 0 Å². The Balaban J connectivity index is 2.15. The molecule has 3 aromatic rings. The third-order valence-corrected chi connectivity index (χ3v) is 3.85. The van der Waals surface area contributed by atoms with Crippen LogP contribution >= 0.6 is 0 Å². The van der Waals surface area contributed by atoms with Crippen molar-refractivity contribution < 1.29 is 28.2 Å². The topological polar surface area (TPSA) is 123 Å². The van der Waals surface area contributed by atoms with Crippen LogP contribution in [0.3, 0.4) is 0 Å². The average Bonchev–Trinajstić information content (AvgIpc) is 3.09. The standard InChI is InChI=1S/C17H15N3O7/c1-24-10-4-5-12-11(7-10)9(6-13(21)27-12)8-20-15(17(23)26-3)14(18-19-20)16(22)25-2/h4-7H,8H2,1-3H3. The molecule has 27 heavy (non-hydrogen) atoms. The molecule has 0 N–H and O–H groups in total. The highest BCUT2D eigenvalue weighted by Crippen LogP contribution is 2.24. The first-order valence-corrected chi connectivity index (χ1v) is 7.69. The molecule has 2 aromatic heterocycles. The van der Waals surface area contributed by atoms with Gasteiger partial charge in [-0.15, -0.1) is 5.10 Å². The first kappa shape index (κ1) is 18.1. The fraction of sp³-hybridized carbons (Fsp3) is 0.235. The zero-order valence-electron chi connectivity index (χ0n) is 14.7. The van der Waals surface area contributed by atoms with Gasteiger partial charge in [-0.25, -0.2) is 19.1 Å². The van der Waals surface area contributed by atoms with Crippen LogP contribution in [0.2, 0.25) is 0 Å². The highest BCUT2D eigenvalue weighted by Gasteiger charge is 2.27. The van der Waals surface area contributed by atoms with Crippen molar-refractivity contribution in [2.75, 3.05) is 21.3 Å². The molecule has 0 aliphatic carbocycles. The molecule has 0 saturated carbocycles. The van der Waals surface area contributed by atoms with Crippen molar-refractivity contribution in [1.82, 2.24) is 15.0 Å². The molecule has 0 radical (unpaired) electrons. The van der Waals surface area contributed by atoms with Crippen LogP contribution in [0.5, 0.6) is 5.75 Å². The lowest BCUT2D eigenvalue weighted by molar-refractivity contribution is 0.0544. The molecule has 0 unspecified atom stereocenters. The summed E-state index contributed by atoms with van der Waals surface area (Å²) in [6, 6.07) is 6.20. The van der Waals surface area contributed by atoms with E-state index in [-0.39, 0.29) is 17.9 Å². The quantitative estimate of drug-likeness (QED) is 0.476. The molecule has 3 rings (SSSR count). The highest BCUT2D eigenvalue weighted by molar-refractivity contribution is 6.00. The van der Waals surface area contributed by atoms with Gasteiger partial charge in [-0.1, -0.05) is 5.21 Å². The monoisotopic (exact) mass is 373 g/mol. The smallest absolute Gasteiger partial charge is 0.361 e. The maximum atomic E-state index is 12.1. The van der Waals surface area contributed by atoms with Gasteiger partial charge < -0.3 is 18.6 Å². The Morgan fingerprint density at radius 2 is 1.85 bits per heavy atom. The van der Waals surface area contributed by atoms with Gasteiger partial charge in [0.2, 0.25) is 5.69 Å². The summed E-state index contributed by atoms with van der Waals surface area (Å²) in [4.78, 5) is 35.8. The lowest BCUT2D eigenvalue weighted by Crippen LogP contribution is -2.17. The number of rotatable bonds is 5. The minimum absolute atomic E-state index is 0.0380. The fourth-order valence-corrected chi connectivity index (χ4v) is 2.58. The number of carbonyl (C=O) groups excluding carboxylic acids is 2. The van der Waals surface area contributed by atoms with Gasteiger partial charge in [-0.2, -0.15) is 0 Å². The second kappa shape index (κ2) is 7.28. The SMILES string of the molecule is COC(=O)c1nnn(Cc2cc(=O)oc3ccc(OC)cc23)c1C(=O)OC. The van der Waals surface area contributed by atoms with Crippen molar-refractivity contribution in [2.24, 2.45) is 0 Å². The predicted octanol–water partition coefficient (Wildman–Crippen LogP) is 1.01. The largest absolute Gasteiger partial charge is 0.497 e. The van der Waals surface area contributed by atoms with E-state index in [1.165, 1.54) is 13.2 Å². The average molecular weight is 373 g/mol. The first-order valence-electron chi connectivity index (χ1n) is 7.69. The van der Waals surface area contributed by atoms with Crippen molar-refractivity contribution in [1.29, 1.82) is 0 Å². The van der Waals surface area contributed by atoms with Crippen LogP contribution in [0.1, 0.15) is 26.5 Å². The van der Waals surface area contributed by atoms with Gasteiger partial charge in [0.1, 0.15) is 11.3 Å². The summed E-state index contributed by atoms with van der Waals surface area (Å²) in [5, 5.41) is 8.11. The van der Waals surface area contributed by atoms with Crippen LogP contribution in [-0.4, -0.2) is 48.3 Å². The maximum Gasteiger partial charge on any atom is 0.361 e. The molecule has 10 nitrogen and oxygen atoms in total. The van der Waals surface area contributed by atoms with Gasteiger partial charge in [0.25, 0.3) is 0 Å². The minimum atomic E-state index is -0.833. The van der Waals surface area contributed by atoms with E-state index in [0.29, 0.717) is 22.3 Å². The first-order chi connectivity index (χ1) is 13.0. The van der Waals surface area contributed by atoms with Gasteiger partial charge in [0.05, 0.1) is 27.9 Å². The van der Waals surface area contributed by atoms with Gasteiger partial charge in [0.15, 0.2) is 5.69 Å². The van der Waals surface area contributed by atoms with E-state index in [4.69, 9.17) is 13.9 Å². The number of nitrogens with zero attached hydrogens (tertiary/aromatic N) is 3. The number of fused-ring (bicyclic) bond motifs is 1. The Labute approximate surface area is 152 Å². The van der Waals surface area contributed by atoms with E-state index in [2.05, 4.69) is 15.0 Å². The summed E-state index contributed by atoms with van der Waals surface area (Å²) < 4.78 is 20.9. The van der Waals surface area contributed by atoms with Crippen molar-refractivity contribution >= 4 is 22.9 Å². The zero-order chi connectivity index (χ0) is 19.6. The molecular weight excluding hydrogens is 358 g/mol. The van der Waals surface area contributed by atoms with E-state index in [9.17, 15) is 14.4 Å². The molecule has 2 heterocycles. The van der Waals surface area contributed by atoms with Crippen LogP contribution in [0.4, 0.5) is 0 Å². The third kappa shape index (κ3) is 3.36.